The number of halogens is 1. The van der Waals surface area contributed by atoms with Crippen molar-refractivity contribution in [1.82, 2.24) is 9.88 Å². The first-order valence-electron chi connectivity index (χ1n) is 8.05. The molecule has 5 nitrogen and oxygen atoms in total. The maximum atomic E-state index is 12.0. The zero-order chi connectivity index (χ0) is 17.1. The van der Waals surface area contributed by atoms with Gasteiger partial charge in [0, 0.05) is 23.2 Å². The van der Waals surface area contributed by atoms with Crippen molar-refractivity contribution in [1.29, 1.82) is 0 Å². The molecule has 0 unspecified atom stereocenters. The summed E-state index contributed by atoms with van der Waals surface area (Å²) in [6, 6.07) is 5.41. The van der Waals surface area contributed by atoms with Gasteiger partial charge in [0.2, 0.25) is 0 Å². The Balaban J connectivity index is 0.00000225. The summed E-state index contributed by atoms with van der Waals surface area (Å²) in [5.74, 6) is -0.366. The molecule has 2 atom stereocenters. The van der Waals surface area contributed by atoms with Crippen molar-refractivity contribution in [2.45, 2.75) is 39.0 Å². The highest BCUT2D eigenvalue weighted by Crippen LogP contribution is 2.25. The van der Waals surface area contributed by atoms with Gasteiger partial charge in [-0.3, -0.25) is 0 Å². The normalized spacial score (nSPS) is 20.6. The van der Waals surface area contributed by atoms with Crippen LogP contribution in [-0.2, 0) is 11.3 Å². The molecule has 0 amide bonds. The van der Waals surface area contributed by atoms with E-state index in [0.29, 0.717) is 17.1 Å². The lowest BCUT2D eigenvalue weighted by atomic mass is 10.0. The van der Waals surface area contributed by atoms with Crippen molar-refractivity contribution in [3.8, 4) is 0 Å². The third-order valence-electron chi connectivity index (χ3n) is 4.37. The number of nitrogens with zero attached hydrogens (tertiary/aromatic N) is 1. The number of carbonyl (C=O) groups is 1. The molecular weight excluding hydrogens is 340 g/mol. The summed E-state index contributed by atoms with van der Waals surface area (Å²) in [5.41, 5.74) is 1.40. The number of hydrogen-bond acceptors (Lipinski definition) is 4. The highest BCUT2D eigenvalue weighted by Gasteiger charge is 2.19. The molecule has 2 aromatic rings. The molecule has 0 aliphatic carbocycles. The van der Waals surface area contributed by atoms with Crippen molar-refractivity contribution in [3.05, 3.63) is 47.1 Å². The number of nitrogens with one attached hydrogen (secondary N) is 1. The zero-order valence-corrected chi connectivity index (χ0v) is 14.3. The molecule has 0 bridgehead atoms. The van der Waals surface area contributed by atoms with Crippen LogP contribution in [0.5, 0.6) is 0 Å². The van der Waals surface area contributed by atoms with E-state index in [1.54, 1.807) is 12.3 Å². The van der Waals surface area contributed by atoms with Crippen LogP contribution in [0, 0.1) is 0 Å². The molecule has 25 heavy (non-hydrogen) atoms. The fourth-order valence-electron chi connectivity index (χ4n) is 3.10. The van der Waals surface area contributed by atoms with E-state index in [0.717, 1.165) is 30.3 Å². The summed E-state index contributed by atoms with van der Waals surface area (Å²) in [5, 5.41) is 14.7. The molecule has 2 N–H and O–H groups in total. The number of aliphatic hydroxyl groups excluding tert-OH is 1. The Morgan fingerprint density at radius 2 is 2.32 bits per heavy atom. The molecule has 2 heterocycles. The standard InChI is InChI=1S/C18H21ClN2O3.CH4/c1-24-18(23)14-11-21(16-10-12(19)6-7-13(14)16)9-3-4-15-17(22)5-2-8-20-15;/h3-4,6-7,10-11,15,17,20,22H,2,5,8-9H2,1H3;1H4/b4-3+;/t15-,17+;/m1./s1. The smallest absolute Gasteiger partial charge is 0.340 e. The molecule has 1 fully saturated rings. The van der Waals surface area contributed by atoms with Gasteiger partial charge in [0.05, 0.1) is 30.3 Å². The Hall–Kier alpha value is -1.82. The van der Waals surface area contributed by atoms with E-state index in [2.05, 4.69) is 5.32 Å². The average Bonchev–Trinajstić information content (AvgIpc) is 2.94. The fourth-order valence-corrected chi connectivity index (χ4v) is 3.27. The second-order valence-corrected chi connectivity index (χ2v) is 6.40. The predicted molar refractivity (Wildman–Crippen MR) is 101 cm³/mol. The summed E-state index contributed by atoms with van der Waals surface area (Å²) >= 11 is 6.10. The number of aromatic nitrogens is 1. The van der Waals surface area contributed by atoms with Crippen molar-refractivity contribution in [3.63, 3.8) is 0 Å². The molecular formula is C19H25ClN2O3. The topological polar surface area (TPSA) is 63.5 Å². The van der Waals surface area contributed by atoms with E-state index >= 15 is 0 Å². The van der Waals surface area contributed by atoms with E-state index in [9.17, 15) is 9.90 Å². The van der Waals surface area contributed by atoms with E-state index < -0.39 is 0 Å². The van der Waals surface area contributed by atoms with Gasteiger partial charge in [-0.05, 0) is 31.5 Å². The Kier molecular flexibility index (Phi) is 6.64. The average molecular weight is 365 g/mol. The lowest BCUT2D eigenvalue weighted by Gasteiger charge is -2.26. The minimum atomic E-state index is -0.366. The minimum Gasteiger partial charge on any atom is -0.465 e. The quantitative estimate of drug-likeness (QED) is 0.644. The molecule has 6 heteroatoms. The third-order valence-corrected chi connectivity index (χ3v) is 4.60. The number of benzene rings is 1. The number of hydrogen-bond donors (Lipinski definition) is 2. The lowest BCUT2D eigenvalue weighted by molar-refractivity contribution is 0.0602. The Labute approximate surface area is 153 Å². The van der Waals surface area contributed by atoms with Crippen LogP contribution in [0.4, 0.5) is 0 Å². The molecule has 0 spiro atoms. The highest BCUT2D eigenvalue weighted by atomic mass is 35.5. The van der Waals surface area contributed by atoms with E-state index in [4.69, 9.17) is 16.3 Å². The van der Waals surface area contributed by atoms with Crippen LogP contribution >= 0.6 is 11.6 Å². The molecule has 1 saturated heterocycles. The number of piperidine rings is 1. The molecule has 0 radical (unpaired) electrons. The predicted octanol–water partition coefficient (Wildman–Crippen LogP) is 3.39. The Bertz CT molecular complexity index is 769. The van der Waals surface area contributed by atoms with Gasteiger partial charge in [0.25, 0.3) is 0 Å². The molecule has 136 valence electrons. The number of fused-ring (bicyclic) bond motifs is 1. The molecule has 3 rings (SSSR count). The van der Waals surface area contributed by atoms with Crippen LogP contribution in [0.1, 0.15) is 30.6 Å². The van der Waals surface area contributed by atoms with E-state index in [-0.39, 0.29) is 25.5 Å². The number of methoxy groups -OCH3 is 1. The Morgan fingerprint density at radius 1 is 1.52 bits per heavy atom. The highest BCUT2D eigenvalue weighted by molar-refractivity contribution is 6.31. The Morgan fingerprint density at radius 3 is 3.04 bits per heavy atom. The second-order valence-electron chi connectivity index (χ2n) is 5.97. The van der Waals surface area contributed by atoms with Crippen molar-refractivity contribution < 1.29 is 14.6 Å². The van der Waals surface area contributed by atoms with Crippen molar-refractivity contribution >= 4 is 28.5 Å². The molecule has 1 aliphatic rings. The van der Waals surface area contributed by atoms with Gasteiger partial charge in [-0.2, -0.15) is 0 Å². The minimum absolute atomic E-state index is 0. The van der Waals surface area contributed by atoms with Gasteiger partial charge >= 0.3 is 5.97 Å². The van der Waals surface area contributed by atoms with Gasteiger partial charge in [-0.25, -0.2) is 4.79 Å². The largest absolute Gasteiger partial charge is 0.465 e. The monoisotopic (exact) mass is 364 g/mol. The number of allylic oxidation sites excluding steroid dienone is 1. The maximum absolute atomic E-state index is 12.0. The second kappa shape index (κ2) is 8.52. The van der Waals surface area contributed by atoms with Gasteiger partial charge in [-0.15, -0.1) is 0 Å². The number of carbonyl (C=O) groups excluding carboxylic acids is 1. The van der Waals surface area contributed by atoms with Gasteiger partial charge in [0.15, 0.2) is 0 Å². The summed E-state index contributed by atoms with van der Waals surface area (Å²) in [7, 11) is 1.37. The maximum Gasteiger partial charge on any atom is 0.340 e. The molecule has 1 aromatic carbocycles. The van der Waals surface area contributed by atoms with Crippen LogP contribution < -0.4 is 5.32 Å². The van der Waals surface area contributed by atoms with Crippen LogP contribution in [0.25, 0.3) is 10.9 Å². The fraction of sp³-hybridized carbons (Fsp3) is 0.421. The number of aliphatic hydroxyl groups is 1. The van der Waals surface area contributed by atoms with Crippen LogP contribution in [-0.4, -0.2) is 41.4 Å². The van der Waals surface area contributed by atoms with Crippen molar-refractivity contribution in [2.24, 2.45) is 0 Å². The summed E-state index contributed by atoms with van der Waals surface area (Å²) in [6.07, 6.45) is 7.22. The van der Waals surface area contributed by atoms with E-state index in [1.807, 2.05) is 28.9 Å². The molecule has 1 aliphatic heterocycles. The lowest BCUT2D eigenvalue weighted by Crippen LogP contribution is -2.43. The number of rotatable bonds is 4. The molecule has 0 saturated carbocycles. The van der Waals surface area contributed by atoms with Crippen LogP contribution in [0.15, 0.2) is 36.5 Å². The first-order chi connectivity index (χ1) is 11.6. The van der Waals surface area contributed by atoms with Crippen molar-refractivity contribution in [2.75, 3.05) is 13.7 Å². The first-order valence-corrected chi connectivity index (χ1v) is 8.43. The summed E-state index contributed by atoms with van der Waals surface area (Å²) in [6.45, 7) is 1.50. The number of esters is 1. The summed E-state index contributed by atoms with van der Waals surface area (Å²) < 4.78 is 6.81. The molecule has 1 aromatic heterocycles. The number of ether oxygens (including phenoxy) is 1. The SMILES string of the molecule is C.COC(=O)c1cn(C/C=C/[C@H]2NCCC[C@@H]2O)c2cc(Cl)ccc12. The third kappa shape index (κ3) is 4.24. The van der Waals surface area contributed by atoms with Gasteiger partial charge < -0.3 is 19.7 Å². The van der Waals surface area contributed by atoms with Crippen LogP contribution in [0.3, 0.4) is 0 Å². The zero-order valence-electron chi connectivity index (χ0n) is 13.5. The van der Waals surface area contributed by atoms with Gasteiger partial charge in [-0.1, -0.05) is 37.2 Å². The van der Waals surface area contributed by atoms with Crippen LogP contribution in [0.2, 0.25) is 5.02 Å². The van der Waals surface area contributed by atoms with E-state index in [1.165, 1.54) is 7.11 Å². The van der Waals surface area contributed by atoms with Gasteiger partial charge in [0.1, 0.15) is 0 Å². The summed E-state index contributed by atoms with van der Waals surface area (Å²) in [4.78, 5) is 12.0. The first kappa shape index (κ1) is 19.5.